The van der Waals surface area contributed by atoms with Gasteiger partial charge < -0.3 is 10.5 Å². The second-order valence-electron chi connectivity index (χ2n) is 4.80. The molecule has 2 aromatic rings. The molecule has 0 aliphatic carbocycles. The Balaban J connectivity index is 2.28. The van der Waals surface area contributed by atoms with Crippen LogP contribution in [0.25, 0.3) is 0 Å². The maximum Gasteiger partial charge on any atom is 0.141 e. The molecule has 0 heterocycles. The lowest BCUT2D eigenvalue weighted by atomic mass is 10.0. The minimum Gasteiger partial charge on any atom is -0.457 e. The number of benzene rings is 2. The van der Waals surface area contributed by atoms with Crippen molar-refractivity contribution >= 4 is 27.5 Å². The van der Waals surface area contributed by atoms with Gasteiger partial charge in [0, 0.05) is 17.1 Å². The van der Waals surface area contributed by atoms with Crippen LogP contribution in [0.5, 0.6) is 11.5 Å². The zero-order valence-corrected chi connectivity index (χ0v) is 13.9. The first-order chi connectivity index (χ1) is 9.99. The zero-order valence-electron chi connectivity index (χ0n) is 11.6. The second kappa shape index (κ2) is 7.25. The lowest BCUT2D eigenvalue weighted by Crippen LogP contribution is -2.21. The Morgan fingerprint density at radius 2 is 2.05 bits per heavy atom. The maximum atomic E-state index is 13.6. The van der Waals surface area contributed by atoms with Crippen LogP contribution in [0.4, 0.5) is 4.39 Å². The Morgan fingerprint density at radius 3 is 2.71 bits per heavy atom. The van der Waals surface area contributed by atoms with Crippen molar-refractivity contribution in [2.24, 2.45) is 5.73 Å². The average Bonchev–Trinajstić information content (AvgIpc) is 2.45. The van der Waals surface area contributed by atoms with Crippen LogP contribution in [-0.2, 0) is 6.42 Å². The number of ether oxygens (including phenoxy) is 1. The van der Waals surface area contributed by atoms with E-state index < -0.39 is 0 Å². The number of hydrogen-bond donors (Lipinski definition) is 1. The second-order valence-corrected chi connectivity index (χ2v) is 6.09. The Kier molecular flexibility index (Phi) is 5.62. The summed E-state index contributed by atoms with van der Waals surface area (Å²) in [5, 5.41) is 0.566. The van der Waals surface area contributed by atoms with Crippen molar-refractivity contribution in [2.45, 2.75) is 25.8 Å². The summed E-state index contributed by atoms with van der Waals surface area (Å²) in [4.78, 5) is 0. The van der Waals surface area contributed by atoms with Gasteiger partial charge in [0.2, 0.25) is 0 Å². The fraction of sp³-hybridized carbons (Fsp3) is 0.250. The normalized spacial score (nSPS) is 12.2. The van der Waals surface area contributed by atoms with E-state index in [1.807, 2.05) is 13.0 Å². The topological polar surface area (TPSA) is 35.2 Å². The van der Waals surface area contributed by atoms with Crippen molar-refractivity contribution in [3.63, 3.8) is 0 Å². The molecule has 0 aromatic heterocycles. The molecule has 21 heavy (non-hydrogen) atoms. The Hall–Kier alpha value is -1.10. The predicted molar refractivity (Wildman–Crippen MR) is 87.6 cm³/mol. The molecule has 0 aliphatic rings. The van der Waals surface area contributed by atoms with Crippen molar-refractivity contribution in [2.75, 3.05) is 0 Å². The van der Waals surface area contributed by atoms with Crippen molar-refractivity contribution in [1.82, 2.24) is 0 Å². The van der Waals surface area contributed by atoms with Crippen LogP contribution in [0.3, 0.4) is 0 Å². The third-order valence-corrected chi connectivity index (χ3v) is 4.03. The lowest BCUT2D eigenvalue weighted by molar-refractivity contribution is 0.466. The van der Waals surface area contributed by atoms with Crippen molar-refractivity contribution in [1.29, 1.82) is 0 Å². The number of nitrogens with two attached hydrogens (primary N) is 1. The molecule has 0 amide bonds. The van der Waals surface area contributed by atoms with E-state index in [1.54, 1.807) is 24.3 Å². The largest absolute Gasteiger partial charge is 0.457 e. The van der Waals surface area contributed by atoms with Crippen LogP contribution >= 0.6 is 27.5 Å². The minimum atomic E-state index is -0.374. The Labute approximate surface area is 137 Å². The predicted octanol–water partition coefficient (Wildman–Crippen LogP) is 5.31. The molecule has 5 heteroatoms. The van der Waals surface area contributed by atoms with Crippen LogP contribution in [0.15, 0.2) is 40.9 Å². The van der Waals surface area contributed by atoms with E-state index in [-0.39, 0.29) is 11.9 Å². The fourth-order valence-corrected chi connectivity index (χ4v) is 2.29. The van der Waals surface area contributed by atoms with Crippen LogP contribution in [-0.4, -0.2) is 6.04 Å². The fourth-order valence-electron chi connectivity index (χ4n) is 1.89. The van der Waals surface area contributed by atoms with Gasteiger partial charge in [0.15, 0.2) is 0 Å². The van der Waals surface area contributed by atoms with E-state index in [4.69, 9.17) is 22.1 Å². The highest BCUT2D eigenvalue weighted by atomic mass is 79.9. The minimum absolute atomic E-state index is 0.0511. The average molecular weight is 373 g/mol. The molecular weight excluding hydrogens is 357 g/mol. The molecule has 1 unspecified atom stereocenters. The summed E-state index contributed by atoms with van der Waals surface area (Å²) in [5.74, 6) is 0.652. The first-order valence-corrected chi connectivity index (χ1v) is 7.83. The standard InChI is InChI=1S/C16H16BrClFNO/c1-2-12(20)7-10-3-4-11(18)8-16(10)21-13-5-6-14(17)15(19)9-13/h3-6,8-9,12H,2,7,20H2,1H3. The van der Waals surface area contributed by atoms with Crippen molar-refractivity contribution in [3.8, 4) is 11.5 Å². The molecule has 0 fully saturated rings. The van der Waals surface area contributed by atoms with Crippen LogP contribution in [0.1, 0.15) is 18.9 Å². The summed E-state index contributed by atoms with van der Waals surface area (Å²) >= 11 is 9.13. The van der Waals surface area contributed by atoms with E-state index in [0.29, 0.717) is 27.4 Å². The molecule has 0 aliphatic heterocycles. The summed E-state index contributed by atoms with van der Waals surface area (Å²) in [6, 6.07) is 10.1. The van der Waals surface area contributed by atoms with E-state index in [0.717, 1.165) is 12.0 Å². The first-order valence-electron chi connectivity index (χ1n) is 6.66. The Bertz CT molecular complexity index is 636. The third kappa shape index (κ3) is 4.43. The molecular formula is C16H16BrClFNO. The molecule has 2 nitrogen and oxygen atoms in total. The molecule has 0 bridgehead atoms. The van der Waals surface area contributed by atoms with Gasteiger partial charge in [-0.1, -0.05) is 24.6 Å². The number of halogens is 3. The highest BCUT2D eigenvalue weighted by Crippen LogP contribution is 2.31. The monoisotopic (exact) mass is 371 g/mol. The third-order valence-electron chi connectivity index (χ3n) is 3.15. The van der Waals surface area contributed by atoms with E-state index >= 15 is 0 Å². The molecule has 2 rings (SSSR count). The molecule has 0 saturated carbocycles. The molecule has 2 aromatic carbocycles. The van der Waals surface area contributed by atoms with Crippen LogP contribution in [0.2, 0.25) is 5.02 Å². The zero-order chi connectivity index (χ0) is 15.4. The van der Waals surface area contributed by atoms with Crippen molar-refractivity contribution < 1.29 is 9.13 Å². The van der Waals surface area contributed by atoms with E-state index in [2.05, 4.69) is 15.9 Å². The lowest BCUT2D eigenvalue weighted by Gasteiger charge is -2.15. The van der Waals surface area contributed by atoms with Gasteiger partial charge in [0.1, 0.15) is 17.3 Å². The summed E-state index contributed by atoms with van der Waals surface area (Å²) in [6.45, 7) is 2.03. The number of hydrogen-bond acceptors (Lipinski definition) is 2. The van der Waals surface area contributed by atoms with E-state index in [1.165, 1.54) is 6.07 Å². The van der Waals surface area contributed by atoms with Gasteiger partial charge in [-0.15, -0.1) is 0 Å². The van der Waals surface area contributed by atoms with Gasteiger partial charge in [-0.3, -0.25) is 0 Å². The van der Waals surface area contributed by atoms with E-state index in [9.17, 15) is 4.39 Å². The molecule has 112 valence electrons. The van der Waals surface area contributed by atoms with Gasteiger partial charge in [-0.2, -0.15) is 0 Å². The smallest absolute Gasteiger partial charge is 0.141 e. The summed E-state index contributed by atoms with van der Waals surface area (Å²) in [6.07, 6.45) is 1.55. The summed E-state index contributed by atoms with van der Waals surface area (Å²) in [5.41, 5.74) is 6.95. The molecule has 0 radical (unpaired) electrons. The van der Waals surface area contributed by atoms with Gasteiger partial charge in [-0.05, 0) is 58.6 Å². The van der Waals surface area contributed by atoms with Gasteiger partial charge in [0.05, 0.1) is 4.47 Å². The summed E-state index contributed by atoms with van der Waals surface area (Å²) < 4.78 is 19.7. The first kappa shape index (κ1) is 16.3. The number of rotatable bonds is 5. The van der Waals surface area contributed by atoms with Gasteiger partial charge >= 0.3 is 0 Å². The highest BCUT2D eigenvalue weighted by molar-refractivity contribution is 9.10. The Morgan fingerprint density at radius 1 is 1.29 bits per heavy atom. The summed E-state index contributed by atoms with van der Waals surface area (Å²) in [7, 11) is 0. The molecule has 1 atom stereocenters. The van der Waals surface area contributed by atoms with Gasteiger partial charge in [-0.25, -0.2) is 4.39 Å². The quantitative estimate of drug-likeness (QED) is 0.771. The molecule has 0 spiro atoms. The highest BCUT2D eigenvalue weighted by Gasteiger charge is 2.11. The van der Waals surface area contributed by atoms with Crippen LogP contribution in [0, 0.1) is 5.82 Å². The van der Waals surface area contributed by atoms with Gasteiger partial charge in [0.25, 0.3) is 0 Å². The maximum absolute atomic E-state index is 13.6. The molecule has 2 N–H and O–H groups in total. The van der Waals surface area contributed by atoms with Crippen LogP contribution < -0.4 is 10.5 Å². The molecule has 0 saturated heterocycles. The van der Waals surface area contributed by atoms with Crippen molar-refractivity contribution in [3.05, 3.63) is 57.3 Å². The SMILES string of the molecule is CCC(N)Cc1ccc(Cl)cc1Oc1ccc(Br)c(F)c1.